The number of benzene rings is 3. The number of hydrazine groups is 1. The maximum Gasteiger partial charge on any atom is 0.135 e. The van der Waals surface area contributed by atoms with Gasteiger partial charge in [0, 0.05) is 23.2 Å². The fourth-order valence-corrected chi connectivity index (χ4v) is 4.02. The summed E-state index contributed by atoms with van der Waals surface area (Å²) in [7, 11) is 1.75. The summed E-state index contributed by atoms with van der Waals surface area (Å²) in [4.78, 5) is 1.31. The van der Waals surface area contributed by atoms with E-state index >= 15 is 0 Å². The molecule has 3 aromatic carbocycles. The molecule has 140 valence electrons. The number of para-hydroxylation sites is 1. The summed E-state index contributed by atoms with van der Waals surface area (Å²) in [6.07, 6.45) is 0. The van der Waals surface area contributed by atoms with Gasteiger partial charge in [0.15, 0.2) is 0 Å². The van der Waals surface area contributed by atoms with Crippen LogP contribution in [-0.2, 0) is 17.3 Å². The fourth-order valence-electron chi connectivity index (χ4n) is 2.64. The van der Waals surface area contributed by atoms with Gasteiger partial charge in [-0.15, -0.1) is 0 Å². The van der Waals surface area contributed by atoms with E-state index in [-0.39, 0.29) is 0 Å². The molecule has 0 heterocycles. The van der Waals surface area contributed by atoms with Gasteiger partial charge < -0.3 is 14.9 Å². The van der Waals surface area contributed by atoms with E-state index in [4.69, 9.17) is 9.47 Å². The van der Waals surface area contributed by atoms with Crippen molar-refractivity contribution < 1.29 is 13.7 Å². The van der Waals surface area contributed by atoms with Crippen molar-refractivity contribution in [1.29, 1.82) is 0 Å². The number of nitrogens with one attached hydrogen (secondary N) is 2. The molecular weight excluding hydrogens is 360 g/mol. The largest absolute Gasteiger partial charge is 0.497 e. The summed E-state index contributed by atoms with van der Waals surface area (Å²) in [5.41, 5.74) is 8.22. The molecule has 0 saturated carbocycles. The Kier molecular flexibility index (Phi) is 6.46. The SMILES string of the molecule is COc1ccc(OC)c(S(=O)c2ccccc2CNNc2ccccc2)c1. The highest BCUT2D eigenvalue weighted by Crippen LogP contribution is 2.31. The van der Waals surface area contributed by atoms with Crippen molar-refractivity contribution in [2.75, 3.05) is 19.6 Å². The van der Waals surface area contributed by atoms with Crippen molar-refractivity contribution in [2.24, 2.45) is 0 Å². The first-order valence-corrected chi connectivity index (χ1v) is 9.63. The monoisotopic (exact) mass is 382 g/mol. The normalized spacial score (nSPS) is 11.6. The first-order chi connectivity index (χ1) is 13.2. The highest BCUT2D eigenvalue weighted by Gasteiger charge is 2.17. The van der Waals surface area contributed by atoms with Crippen LogP contribution in [0.5, 0.6) is 11.5 Å². The van der Waals surface area contributed by atoms with Crippen molar-refractivity contribution in [3.8, 4) is 11.5 Å². The maximum absolute atomic E-state index is 13.3. The first kappa shape index (κ1) is 18.9. The average molecular weight is 382 g/mol. The zero-order valence-corrected chi connectivity index (χ0v) is 16.1. The fraction of sp³-hybridized carbons (Fsp3) is 0.143. The van der Waals surface area contributed by atoms with Crippen LogP contribution in [-0.4, -0.2) is 18.4 Å². The number of hydrogen-bond acceptors (Lipinski definition) is 5. The lowest BCUT2D eigenvalue weighted by Crippen LogP contribution is -2.21. The molecule has 0 saturated heterocycles. The van der Waals surface area contributed by atoms with Gasteiger partial charge in [-0.3, -0.25) is 0 Å². The molecule has 1 unspecified atom stereocenters. The summed E-state index contributed by atoms with van der Waals surface area (Å²) >= 11 is 0. The highest BCUT2D eigenvalue weighted by molar-refractivity contribution is 7.85. The lowest BCUT2D eigenvalue weighted by Gasteiger charge is -2.14. The van der Waals surface area contributed by atoms with Gasteiger partial charge in [-0.05, 0) is 35.9 Å². The molecule has 27 heavy (non-hydrogen) atoms. The van der Waals surface area contributed by atoms with E-state index in [1.54, 1.807) is 32.4 Å². The highest BCUT2D eigenvalue weighted by atomic mass is 32.2. The van der Waals surface area contributed by atoms with Crippen LogP contribution in [0.15, 0.2) is 82.6 Å². The summed E-state index contributed by atoms with van der Waals surface area (Å²) in [5.74, 6) is 1.21. The number of hydrogen-bond donors (Lipinski definition) is 2. The Bertz CT molecular complexity index is 916. The van der Waals surface area contributed by atoms with Crippen molar-refractivity contribution in [2.45, 2.75) is 16.3 Å². The van der Waals surface area contributed by atoms with Crippen molar-refractivity contribution in [3.63, 3.8) is 0 Å². The second-order valence-electron chi connectivity index (χ2n) is 5.74. The van der Waals surface area contributed by atoms with E-state index in [1.807, 2.05) is 54.6 Å². The van der Waals surface area contributed by atoms with E-state index in [2.05, 4.69) is 10.9 Å². The molecule has 2 N–H and O–H groups in total. The molecule has 5 nitrogen and oxygen atoms in total. The molecule has 0 aliphatic heterocycles. The molecule has 0 radical (unpaired) electrons. The Morgan fingerprint density at radius 2 is 1.59 bits per heavy atom. The van der Waals surface area contributed by atoms with Gasteiger partial charge in [0.1, 0.15) is 11.5 Å². The van der Waals surface area contributed by atoms with Crippen LogP contribution >= 0.6 is 0 Å². The first-order valence-electron chi connectivity index (χ1n) is 8.48. The van der Waals surface area contributed by atoms with Gasteiger partial charge >= 0.3 is 0 Å². The minimum absolute atomic E-state index is 0.517. The van der Waals surface area contributed by atoms with Gasteiger partial charge in [-0.1, -0.05) is 36.4 Å². The molecule has 3 aromatic rings. The zero-order valence-electron chi connectivity index (χ0n) is 15.3. The summed E-state index contributed by atoms with van der Waals surface area (Å²) in [5, 5.41) is 0. The lowest BCUT2D eigenvalue weighted by atomic mass is 10.2. The van der Waals surface area contributed by atoms with Crippen molar-refractivity contribution in [3.05, 3.63) is 78.4 Å². The summed E-state index contributed by atoms with van der Waals surface area (Å²) < 4.78 is 23.9. The van der Waals surface area contributed by atoms with Gasteiger partial charge in [0.05, 0.1) is 29.9 Å². The molecule has 0 aromatic heterocycles. The smallest absolute Gasteiger partial charge is 0.135 e. The molecule has 6 heteroatoms. The van der Waals surface area contributed by atoms with Crippen LogP contribution in [0.4, 0.5) is 5.69 Å². The van der Waals surface area contributed by atoms with Gasteiger partial charge in [0.2, 0.25) is 0 Å². The van der Waals surface area contributed by atoms with Crippen LogP contribution in [0, 0.1) is 0 Å². The van der Waals surface area contributed by atoms with Crippen LogP contribution in [0.1, 0.15) is 5.56 Å². The zero-order chi connectivity index (χ0) is 19.1. The minimum atomic E-state index is -1.40. The molecule has 1 atom stereocenters. The maximum atomic E-state index is 13.3. The quantitative estimate of drug-likeness (QED) is 0.577. The van der Waals surface area contributed by atoms with Gasteiger partial charge in [0.25, 0.3) is 0 Å². The Morgan fingerprint density at radius 3 is 2.33 bits per heavy atom. The third-order valence-electron chi connectivity index (χ3n) is 4.03. The Balaban J connectivity index is 1.82. The standard InChI is InChI=1S/C21H22N2O3S/c1-25-18-12-13-19(26-2)21(14-18)27(24)20-11-7-6-8-16(20)15-22-23-17-9-4-3-5-10-17/h3-14,22-23H,15H2,1-2H3. The van der Waals surface area contributed by atoms with E-state index in [1.165, 1.54) is 0 Å². The van der Waals surface area contributed by atoms with Crippen molar-refractivity contribution in [1.82, 2.24) is 5.43 Å². The number of methoxy groups -OCH3 is 2. The molecule has 0 bridgehead atoms. The van der Waals surface area contributed by atoms with Gasteiger partial charge in [-0.2, -0.15) is 0 Å². The topological polar surface area (TPSA) is 59.6 Å². The second kappa shape index (κ2) is 9.21. The van der Waals surface area contributed by atoms with E-state index in [0.29, 0.717) is 22.9 Å². The van der Waals surface area contributed by atoms with E-state index in [0.717, 1.165) is 16.1 Å². The van der Waals surface area contributed by atoms with Gasteiger partial charge in [-0.25, -0.2) is 9.63 Å². The van der Waals surface area contributed by atoms with Crippen molar-refractivity contribution >= 4 is 16.5 Å². The van der Waals surface area contributed by atoms with Crippen LogP contribution < -0.4 is 20.3 Å². The second-order valence-corrected chi connectivity index (χ2v) is 7.15. The lowest BCUT2D eigenvalue weighted by molar-refractivity contribution is 0.393. The average Bonchev–Trinajstić information content (AvgIpc) is 2.74. The van der Waals surface area contributed by atoms with E-state index < -0.39 is 10.8 Å². The Hall–Kier alpha value is -2.83. The summed E-state index contributed by atoms with van der Waals surface area (Å²) in [6, 6.07) is 22.8. The van der Waals surface area contributed by atoms with Crippen LogP contribution in [0.3, 0.4) is 0 Å². The predicted molar refractivity (Wildman–Crippen MR) is 108 cm³/mol. The Morgan fingerprint density at radius 1 is 0.852 bits per heavy atom. The molecular formula is C21H22N2O3S. The third-order valence-corrected chi connectivity index (χ3v) is 5.54. The van der Waals surface area contributed by atoms with Crippen LogP contribution in [0.2, 0.25) is 0 Å². The van der Waals surface area contributed by atoms with Crippen LogP contribution in [0.25, 0.3) is 0 Å². The molecule has 0 aliphatic rings. The minimum Gasteiger partial charge on any atom is -0.497 e. The molecule has 3 rings (SSSR count). The summed E-state index contributed by atoms with van der Waals surface area (Å²) in [6.45, 7) is 0.517. The third kappa shape index (κ3) is 4.67. The predicted octanol–water partition coefficient (Wildman–Crippen LogP) is 3.99. The number of rotatable bonds is 8. The number of ether oxygens (including phenoxy) is 2. The number of anilines is 1. The van der Waals surface area contributed by atoms with E-state index in [9.17, 15) is 4.21 Å². The Labute approximate surface area is 161 Å². The molecule has 0 fully saturated rings. The molecule has 0 spiro atoms. The molecule has 0 aliphatic carbocycles. The molecule has 0 amide bonds.